The summed E-state index contributed by atoms with van der Waals surface area (Å²) in [6, 6.07) is 2.44. The second kappa shape index (κ2) is 7.02. The normalized spacial score (nSPS) is 19.6. The fourth-order valence-corrected chi connectivity index (χ4v) is 2.79. The van der Waals surface area contributed by atoms with Gasteiger partial charge in [-0.15, -0.1) is 0 Å². The predicted molar refractivity (Wildman–Crippen MR) is 77.3 cm³/mol. The molecular formula is C16H16F3NO4. The maximum atomic E-state index is 12.7. The standard InChI is InChI=1S/C16H16F3NO4/c17-16(18,19)11-5-1-4-10(7-11)14(22)20-13(15(23)24)9-3-2-6-12(21)8-9/h1,4-5,7,9,13H,2-3,6,8H2,(H,20,22)(H,23,24)/t9-,13-/m0/s1. The molecular weight excluding hydrogens is 327 g/mol. The van der Waals surface area contributed by atoms with Crippen LogP contribution in [0.15, 0.2) is 24.3 Å². The van der Waals surface area contributed by atoms with Crippen LogP contribution < -0.4 is 5.32 Å². The van der Waals surface area contributed by atoms with E-state index in [1.54, 1.807) is 0 Å². The van der Waals surface area contributed by atoms with Crippen molar-refractivity contribution in [1.82, 2.24) is 5.32 Å². The Morgan fingerprint density at radius 1 is 1.29 bits per heavy atom. The number of amides is 1. The second-order valence-electron chi connectivity index (χ2n) is 5.76. The van der Waals surface area contributed by atoms with Gasteiger partial charge in [0.25, 0.3) is 5.91 Å². The largest absolute Gasteiger partial charge is 0.480 e. The third kappa shape index (κ3) is 4.33. The monoisotopic (exact) mass is 343 g/mol. The number of carboxylic acids is 1. The van der Waals surface area contributed by atoms with Crippen molar-refractivity contribution in [3.63, 3.8) is 0 Å². The first kappa shape index (κ1) is 18.0. The summed E-state index contributed by atoms with van der Waals surface area (Å²) in [6.45, 7) is 0. The highest BCUT2D eigenvalue weighted by Gasteiger charge is 2.34. The Kier molecular flexibility index (Phi) is 5.26. The number of ketones is 1. The number of Topliss-reactive ketones (excluding diaryl/α,β-unsaturated/α-hetero) is 1. The first-order chi connectivity index (χ1) is 11.2. The first-order valence-corrected chi connectivity index (χ1v) is 7.41. The van der Waals surface area contributed by atoms with E-state index < -0.39 is 35.6 Å². The Labute approximate surface area is 135 Å². The zero-order valence-electron chi connectivity index (χ0n) is 12.6. The summed E-state index contributed by atoms with van der Waals surface area (Å²) in [4.78, 5) is 35.0. The van der Waals surface area contributed by atoms with Crippen molar-refractivity contribution < 1.29 is 32.7 Å². The Morgan fingerprint density at radius 2 is 2.00 bits per heavy atom. The first-order valence-electron chi connectivity index (χ1n) is 7.41. The number of halogens is 3. The molecule has 1 aromatic rings. The maximum Gasteiger partial charge on any atom is 0.416 e. The average Bonchev–Trinajstić information content (AvgIpc) is 2.51. The minimum absolute atomic E-state index is 0.0415. The topological polar surface area (TPSA) is 83.5 Å². The molecule has 0 aromatic heterocycles. The lowest BCUT2D eigenvalue weighted by molar-refractivity contribution is -0.141. The summed E-state index contributed by atoms with van der Waals surface area (Å²) >= 11 is 0. The predicted octanol–water partition coefficient (Wildman–Crippen LogP) is 2.65. The zero-order chi connectivity index (χ0) is 17.9. The molecule has 24 heavy (non-hydrogen) atoms. The second-order valence-corrected chi connectivity index (χ2v) is 5.76. The maximum absolute atomic E-state index is 12.7. The van der Waals surface area contributed by atoms with E-state index in [0.29, 0.717) is 25.3 Å². The third-order valence-corrected chi connectivity index (χ3v) is 4.00. The molecule has 2 N–H and O–H groups in total. The van der Waals surface area contributed by atoms with Gasteiger partial charge in [-0.05, 0) is 37.0 Å². The molecule has 0 unspecified atom stereocenters. The molecule has 1 fully saturated rings. The van der Waals surface area contributed by atoms with Crippen molar-refractivity contribution in [3.8, 4) is 0 Å². The fraction of sp³-hybridized carbons (Fsp3) is 0.438. The van der Waals surface area contributed by atoms with Crippen molar-refractivity contribution in [3.05, 3.63) is 35.4 Å². The Hall–Kier alpha value is -2.38. The number of hydrogen-bond acceptors (Lipinski definition) is 3. The minimum Gasteiger partial charge on any atom is -0.480 e. The molecule has 1 aromatic carbocycles. The van der Waals surface area contributed by atoms with Gasteiger partial charge in [-0.25, -0.2) is 4.79 Å². The molecule has 1 amide bonds. The molecule has 1 saturated carbocycles. The number of carbonyl (C=O) groups excluding carboxylic acids is 2. The van der Waals surface area contributed by atoms with Crippen molar-refractivity contribution in [1.29, 1.82) is 0 Å². The van der Waals surface area contributed by atoms with E-state index in [4.69, 9.17) is 0 Å². The lowest BCUT2D eigenvalue weighted by atomic mass is 9.83. The van der Waals surface area contributed by atoms with E-state index >= 15 is 0 Å². The lowest BCUT2D eigenvalue weighted by Gasteiger charge is -2.27. The lowest BCUT2D eigenvalue weighted by Crippen LogP contribution is -2.47. The zero-order valence-corrected chi connectivity index (χ0v) is 12.6. The summed E-state index contributed by atoms with van der Waals surface area (Å²) in [7, 11) is 0. The fourth-order valence-electron chi connectivity index (χ4n) is 2.79. The number of hydrogen-bond donors (Lipinski definition) is 2. The van der Waals surface area contributed by atoms with Gasteiger partial charge in [0.15, 0.2) is 0 Å². The number of nitrogens with one attached hydrogen (secondary N) is 1. The number of carboxylic acid groups (broad SMARTS) is 1. The van der Waals surface area contributed by atoms with Gasteiger partial charge in [0.2, 0.25) is 0 Å². The van der Waals surface area contributed by atoms with Crippen LogP contribution in [0.2, 0.25) is 0 Å². The average molecular weight is 343 g/mol. The molecule has 0 radical (unpaired) electrons. The molecule has 2 rings (SSSR count). The molecule has 0 aliphatic heterocycles. The highest BCUT2D eigenvalue weighted by Crippen LogP contribution is 2.30. The number of benzene rings is 1. The van der Waals surface area contributed by atoms with Crippen LogP contribution in [0.25, 0.3) is 0 Å². The van der Waals surface area contributed by atoms with E-state index in [1.165, 1.54) is 6.07 Å². The van der Waals surface area contributed by atoms with Crippen molar-refractivity contribution in [2.75, 3.05) is 0 Å². The van der Waals surface area contributed by atoms with Crippen LogP contribution in [-0.4, -0.2) is 28.8 Å². The van der Waals surface area contributed by atoms with Crippen molar-refractivity contribution in [2.45, 2.75) is 37.9 Å². The molecule has 5 nitrogen and oxygen atoms in total. The Morgan fingerprint density at radius 3 is 2.58 bits per heavy atom. The summed E-state index contributed by atoms with van der Waals surface area (Å²) in [5, 5.41) is 11.5. The molecule has 1 aliphatic rings. The number of aliphatic carboxylic acids is 1. The van der Waals surface area contributed by atoms with Crippen LogP contribution in [0, 0.1) is 5.92 Å². The van der Waals surface area contributed by atoms with Crippen LogP contribution in [-0.2, 0) is 15.8 Å². The van der Waals surface area contributed by atoms with E-state index in [2.05, 4.69) is 5.32 Å². The van der Waals surface area contributed by atoms with Crippen LogP contribution in [0.1, 0.15) is 41.6 Å². The van der Waals surface area contributed by atoms with Crippen LogP contribution >= 0.6 is 0 Å². The van der Waals surface area contributed by atoms with Gasteiger partial charge in [-0.3, -0.25) is 9.59 Å². The van der Waals surface area contributed by atoms with Crippen molar-refractivity contribution >= 4 is 17.7 Å². The van der Waals surface area contributed by atoms with Crippen molar-refractivity contribution in [2.24, 2.45) is 5.92 Å². The SMILES string of the molecule is O=C1CCC[C@H]([C@H](NC(=O)c2cccc(C(F)(F)F)c2)C(=O)O)C1. The van der Waals surface area contributed by atoms with Gasteiger partial charge in [0, 0.05) is 18.4 Å². The molecule has 1 aliphatic carbocycles. The van der Waals surface area contributed by atoms with E-state index in [1.807, 2.05) is 0 Å². The molecule has 0 heterocycles. The van der Waals surface area contributed by atoms with Crippen LogP contribution in [0.3, 0.4) is 0 Å². The summed E-state index contributed by atoms with van der Waals surface area (Å²) < 4.78 is 38.1. The van der Waals surface area contributed by atoms with Gasteiger partial charge in [0.05, 0.1) is 5.56 Å². The molecule has 8 heteroatoms. The quantitative estimate of drug-likeness (QED) is 0.880. The van der Waals surface area contributed by atoms with Gasteiger partial charge >= 0.3 is 12.1 Å². The van der Waals surface area contributed by atoms with E-state index in [0.717, 1.165) is 12.1 Å². The Bertz CT molecular complexity index is 657. The highest BCUT2D eigenvalue weighted by molar-refractivity contribution is 5.97. The number of rotatable bonds is 4. The molecule has 0 saturated heterocycles. The van der Waals surface area contributed by atoms with E-state index in [-0.39, 0.29) is 17.8 Å². The van der Waals surface area contributed by atoms with E-state index in [9.17, 15) is 32.7 Å². The minimum atomic E-state index is -4.60. The molecule has 0 bridgehead atoms. The summed E-state index contributed by atoms with van der Waals surface area (Å²) in [5.74, 6) is -2.86. The van der Waals surface area contributed by atoms with Gasteiger partial charge in [-0.1, -0.05) is 6.07 Å². The van der Waals surface area contributed by atoms with Crippen LogP contribution in [0.4, 0.5) is 13.2 Å². The summed E-state index contributed by atoms with van der Waals surface area (Å²) in [6.07, 6.45) is -3.18. The highest BCUT2D eigenvalue weighted by atomic mass is 19.4. The van der Waals surface area contributed by atoms with Gasteiger partial charge < -0.3 is 10.4 Å². The third-order valence-electron chi connectivity index (χ3n) is 4.00. The number of carbonyl (C=O) groups is 3. The number of alkyl halides is 3. The molecule has 2 atom stereocenters. The Balaban J connectivity index is 2.16. The van der Waals surface area contributed by atoms with Crippen LogP contribution in [0.5, 0.6) is 0 Å². The molecule has 130 valence electrons. The van der Waals surface area contributed by atoms with Gasteiger partial charge in [0.1, 0.15) is 11.8 Å². The summed E-state index contributed by atoms with van der Waals surface area (Å²) in [5.41, 5.74) is -1.27. The van der Waals surface area contributed by atoms with Gasteiger partial charge in [-0.2, -0.15) is 13.2 Å². The smallest absolute Gasteiger partial charge is 0.416 e. The molecule has 0 spiro atoms.